The van der Waals surface area contributed by atoms with Gasteiger partial charge in [-0.1, -0.05) is 51.5 Å². The maximum Gasteiger partial charge on any atom is -0.0162 e. The van der Waals surface area contributed by atoms with Gasteiger partial charge in [0.1, 0.15) is 0 Å². The van der Waals surface area contributed by atoms with Crippen LogP contribution in [0.15, 0.2) is 24.3 Å². The van der Waals surface area contributed by atoms with E-state index in [1.165, 1.54) is 31.2 Å². The molecule has 1 aliphatic rings. The van der Waals surface area contributed by atoms with E-state index in [9.17, 15) is 0 Å². The van der Waals surface area contributed by atoms with E-state index in [0.29, 0.717) is 5.41 Å². The SMILES string of the molecule is CC(C)(C)Cc1ccc(C2CCC2)cc1. The quantitative estimate of drug-likeness (QED) is 0.660. The number of hydrogen-bond donors (Lipinski definition) is 0. The van der Waals surface area contributed by atoms with Gasteiger partial charge < -0.3 is 0 Å². The lowest BCUT2D eigenvalue weighted by atomic mass is 9.79. The van der Waals surface area contributed by atoms with Crippen LogP contribution in [0.1, 0.15) is 57.1 Å². The molecule has 2 rings (SSSR count). The van der Waals surface area contributed by atoms with Gasteiger partial charge in [-0.15, -0.1) is 0 Å². The van der Waals surface area contributed by atoms with Crippen molar-refractivity contribution in [3.8, 4) is 0 Å². The van der Waals surface area contributed by atoms with Crippen molar-refractivity contribution in [1.82, 2.24) is 0 Å². The molecular weight excluding hydrogens is 180 g/mol. The molecule has 1 aliphatic carbocycles. The van der Waals surface area contributed by atoms with E-state index >= 15 is 0 Å². The minimum absolute atomic E-state index is 0.401. The standard InChI is InChI=1S/C15H22/c1-15(2,3)11-12-7-9-14(10-8-12)13-5-4-6-13/h7-10,13H,4-6,11H2,1-3H3. The highest BCUT2D eigenvalue weighted by Gasteiger charge is 2.19. The molecule has 0 nitrogen and oxygen atoms in total. The van der Waals surface area contributed by atoms with Crippen LogP contribution in [0, 0.1) is 5.41 Å². The lowest BCUT2D eigenvalue weighted by Gasteiger charge is -2.26. The van der Waals surface area contributed by atoms with Gasteiger partial charge in [0.25, 0.3) is 0 Å². The minimum Gasteiger partial charge on any atom is -0.0599 e. The first-order chi connectivity index (χ1) is 7.04. The van der Waals surface area contributed by atoms with Crippen molar-refractivity contribution in [3.05, 3.63) is 35.4 Å². The molecule has 0 spiro atoms. The van der Waals surface area contributed by atoms with Crippen LogP contribution < -0.4 is 0 Å². The Bertz CT molecular complexity index is 309. The number of hydrogen-bond acceptors (Lipinski definition) is 0. The summed E-state index contributed by atoms with van der Waals surface area (Å²) in [6.07, 6.45) is 5.41. The third kappa shape index (κ3) is 2.84. The molecule has 1 fully saturated rings. The molecule has 0 N–H and O–H groups in total. The van der Waals surface area contributed by atoms with Crippen LogP contribution in [0.2, 0.25) is 0 Å². The fourth-order valence-corrected chi connectivity index (χ4v) is 2.26. The van der Waals surface area contributed by atoms with Crippen molar-refractivity contribution >= 4 is 0 Å². The largest absolute Gasteiger partial charge is 0.0599 e. The molecular formula is C15H22. The average molecular weight is 202 g/mol. The molecule has 0 heteroatoms. The molecule has 15 heavy (non-hydrogen) atoms. The molecule has 0 radical (unpaired) electrons. The Morgan fingerprint density at radius 2 is 1.67 bits per heavy atom. The van der Waals surface area contributed by atoms with Crippen LogP contribution in [0.25, 0.3) is 0 Å². The van der Waals surface area contributed by atoms with Gasteiger partial charge >= 0.3 is 0 Å². The lowest BCUT2D eigenvalue weighted by Crippen LogP contribution is -2.10. The van der Waals surface area contributed by atoms with Crippen molar-refractivity contribution in [2.24, 2.45) is 5.41 Å². The van der Waals surface area contributed by atoms with E-state index in [1.807, 2.05) is 0 Å². The summed E-state index contributed by atoms with van der Waals surface area (Å²) in [5.41, 5.74) is 3.43. The molecule has 1 aromatic rings. The summed E-state index contributed by atoms with van der Waals surface area (Å²) in [6.45, 7) is 6.90. The summed E-state index contributed by atoms with van der Waals surface area (Å²) in [5, 5.41) is 0. The first kappa shape index (κ1) is 10.7. The van der Waals surface area contributed by atoms with E-state index in [-0.39, 0.29) is 0 Å². The van der Waals surface area contributed by atoms with Crippen LogP contribution in [0.4, 0.5) is 0 Å². The van der Waals surface area contributed by atoms with Gasteiger partial charge in [-0.25, -0.2) is 0 Å². The predicted molar refractivity (Wildman–Crippen MR) is 66.2 cm³/mol. The van der Waals surface area contributed by atoms with E-state index in [2.05, 4.69) is 45.0 Å². The van der Waals surface area contributed by atoms with E-state index in [1.54, 1.807) is 5.56 Å². The highest BCUT2D eigenvalue weighted by atomic mass is 14.2. The Hall–Kier alpha value is -0.780. The van der Waals surface area contributed by atoms with Crippen molar-refractivity contribution < 1.29 is 0 Å². The zero-order valence-corrected chi connectivity index (χ0v) is 10.2. The van der Waals surface area contributed by atoms with Gasteiger partial charge in [-0.05, 0) is 41.7 Å². The van der Waals surface area contributed by atoms with Gasteiger partial charge in [0.2, 0.25) is 0 Å². The fourth-order valence-electron chi connectivity index (χ4n) is 2.26. The molecule has 0 bridgehead atoms. The first-order valence-electron chi connectivity index (χ1n) is 6.13. The molecule has 0 aliphatic heterocycles. The van der Waals surface area contributed by atoms with Crippen LogP contribution in [-0.2, 0) is 6.42 Å². The summed E-state index contributed by atoms with van der Waals surface area (Å²) < 4.78 is 0. The highest BCUT2D eigenvalue weighted by molar-refractivity contribution is 5.27. The van der Waals surface area contributed by atoms with Crippen molar-refractivity contribution in [1.29, 1.82) is 0 Å². The second kappa shape index (κ2) is 4.00. The summed E-state index contributed by atoms with van der Waals surface area (Å²) in [4.78, 5) is 0. The lowest BCUT2D eigenvalue weighted by molar-refractivity contribution is 0.409. The number of rotatable bonds is 2. The Kier molecular flexibility index (Phi) is 2.86. The topological polar surface area (TPSA) is 0 Å². The summed E-state index contributed by atoms with van der Waals surface area (Å²) in [7, 11) is 0. The third-order valence-corrected chi connectivity index (χ3v) is 3.29. The van der Waals surface area contributed by atoms with Gasteiger partial charge in [-0.2, -0.15) is 0 Å². The molecule has 82 valence electrons. The van der Waals surface area contributed by atoms with Gasteiger partial charge in [0.15, 0.2) is 0 Å². The molecule has 0 heterocycles. The van der Waals surface area contributed by atoms with Crippen LogP contribution in [0.5, 0.6) is 0 Å². The Morgan fingerprint density at radius 3 is 2.07 bits per heavy atom. The molecule has 0 saturated heterocycles. The molecule has 0 atom stereocenters. The third-order valence-electron chi connectivity index (χ3n) is 3.29. The minimum atomic E-state index is 0.401. The molecule has 0 unspecified atom stereocenters. The average Bonchev–Trinajstić information content (AvgIpc) is 2.02. The van der Waals surface area contributed by atoms with Crippen molar-refractivity contribution in [3.63, 3.8) is 0 Å². The zero-order chi connectivity index (χ0) is 10.9. The smallest absolute Gasteiger partial charge is 0.0162 e. The van der Waals surface area contributed by atoms with E-state index in [4.69, 9.17) is 0 Å². The van der Waals surface area contributed by atoms with E-state index < -0.39 is 0 Å². The Morgan fingerprint density at radius 1 is 1.07 bits per heavy atom. The second-order valence-electron chi connectivity index (χ2n) is 6.11. The molecule has 0 amide bonds. The Balaban J connectivity index is 2.03. The molecule has 0 aromatic heterocycles. The number of benzene rings is 1. The van der Waals surface area contributed by atoms with E-state index in [0.717, 1.165) is 5.92 Å². The van der Waals surface area contributed by atoms with Crippen LogP contribution >= 0.6 is 0 Å². The van der Waals surface area contributed by atoms with Crippen LogP contribution in [-0.4, -0.2) is 0 Å². The zero-order valence-electron chi connectivity index (χ0n) is 10.2. The van der Waals surface area contributed by atoms with Gasteiger partial charge in [0.05, 0.1) is 0 Å². The molecule has 1 aromatic carbocycles. The second-order valence-corrected chi connectivity index (χ2v) is 6.11. The summed E-state index contributed by atoms with van der Waals surface area (Å²) in [5.74, 6) is 0.869. The van der Waals surface area contributed by atoms with Gasteiger partial charge in [0, 0.05) is 0 Å². The normalized spacial score (nSPS) is 17.5. The fraction of sp³-hybridized carbons (Fsp3) is 0.600. The monoisotopic (exact) mass is 202 g/mol. The summed E-state index contributed by atoms with van der Waals surface area (Å²) in [6, 6.07) is 9.31. The predicted octanol–water partition coefficient (Wildman–Crippen LogP) is 4.54. The maximum absolute atomic E-state index is 2.34. The van der Waals surface area contributed by atoms with Crippen LogP contribution in [0.3, 0.4) is 0 Å². The maximum atomic E-state index is 2.34. The van der Waals surface area contributed by atoms with Gasteiger partial charge in [-0.3, -0.25) is 0 Å². The molecule has 1 saturated carbocycles. The summed E-state index contributed by atoms with van der Waals surface area (Å²) >= 11 is 0. The highest BCUT2D eigenvalue weighted by Crippen LogP contribution is 2.36. The van der Waals surface area contributed by atoms with Crippen molar-refractivity contribution in [2.75, 3.05) is 0 Å². The first-order valence-corrected chi connectivity index (χ1v) is 6.13. The van der Waals surface area contributed by atoms with Crippen molar-refractivity contribution in [2.45, 2.75) is 52.4 Å². The Labute approximate surface area is 93.7 Å².